The zero-order valence-corrected chi connectivity index (χ0v) is 13.8. The molecule has 0 bridgehead atoms. The van der Waals surface area contributed by atoms with Crippen LogP contribution in [0.1, 0.15) is 79.1 Å². The topological polar surface area (TPSA) is 3.24 Å². The normalized spacial score (nSPS) is 14.3. The second kappa shape index (κ2) is 12.5. The monoisotopic (exact) mass is 265 g/mol. The van der Waals surface area contributed by atoms with E-state index in [0.29, 0.717) is 12.0 Å². The summed E-state index contributed by atoms with van der Waals surface area (Å²) in [5.41, 5.74) is 0. The third kappa shape index (κ3) is 7.63. The molecule has 0 rings (SSSR count). The Kier molecular flexibility index (Phi) is 12.2. The first-order valence-electron chi connectivity index (χ1n) is 8.45. The highest BCUT2D eigenvalue weighted by Crippen LogP contribution is 2.22. The predicted molar refractivity (Wildman–Crippen MR) is 87.3 cm³/mol. The van der Waals surface area contributed by atoms with Gasteiger partial charge in [-0.15, -0.1) is 6.42 Å². The molecule has 0 aliphatic carbocycles. The summed E-state index contributed by atoms with van der Waals surface area (Å²) in [6, 6.07) is 0.356. The second-order valence-electron chi connectivity index (χ2n) is 5.67. The lowest BCUT2D eigenvalue weighted by Gasteiger charge is -2.33. The van der Waals surface area contributed by atoms with Gasteiger partial charge in [-0.2, -0.15) is 0 Å². The number of rotatable bonds is 12. The average molecular weight is 265 g/mol. The van der Waals surface area contributed by atoms with Gasteiger partial charge in [0.2, 0.25) is 0 Å². The Bertz CT molecular complexity index is 220. The minimum atomic E-state index is 0.356. The molecule has 2 unspecified atom stereocenters. The number of unbranched alkanes of at least 4 members (excludes halogenated alkanes) is 3. The molecule has 0 N–H and O–H groups in total. The summed E-state index contributed by atoms with van der Waals surface area (Å²) in [4.78, 5) is 2.58. The lowest BCUT2D eigenvalue weighted by molar-refractivity contribution is 0.167. The molecule has 0 spiro atoms. The maximum Gasteiger partial charge on any atom is 0.0740 e. The van der Waals surface area contributed by atoms with Gasteiger partial charge < -0.3 is 0 Å². The Labute approximate surface area is 122 Å². The molecule has 112 valence electrons. The Balaban J connectivity index is 4.61. The fraction of sp³-hybridized carbons (Fsp3) is 0.889. The van der Waals surface area contributed by atoms with Crippen LogP contribution < -0.4 is 0 Å². The van der Waals surface area contributed by atoms with Gasteiger partial charge in [-0.1, -0.05) is 65.7 Å². The first kappa shape index (κ1) is 18.5. The van der Waals surface area contributed by atoms with Gasteiger partial charge in [0.15, 0.2) is 0 Å². The van der Waals surface area contributed by atoms with E-state index in [4.69, 9.17) is 6.42 Å². The molecule has 1 heteroatoms. The van der Waals surface area contributed by atoms with E-state index in [1.165, 1.54) is 64.5 Å². The van der Waals surface area contributed by atoms with Crippen molar-refractivity contribution in [2.75, 3.05) is 13.1 Å². The summed E-state index contributed by atoms with van der Waals surface area (Å²) in [5.74, 6) is 3.79. The maximum absolute atomic E-state index is 5.87. The second-order valence-corrected chi connectivity index (χ2v) is 5.67. The number of nitrogens with zero attached hydrogens (tertiary/aromatic N) is 1. The minimum absolute atomic E-state index is 0.356. The molecule has 0 aliphatic heterocycles. The van der Waals surface area contributed by atoms with E-state index in [9.17, 15) is 0 Å². The molecule has 2 atom stereocenters. The zero-order chi connectivity index (χ0) is 14.5. The fourth-order valence-corrected chi connectivity index (χ4v) is 2.70. The van der Waals surface area contributed by atoms with Crippen molar-refractivity contribution < 1.29 is 0 Å². The van der Waals surface area contributed by atoms with Crippen molar-refractivity contribution in [3.8, 4) is 12.3 Å². The summed E-state index contributed by atoms with van der Waals surface area (Å²) >= 11 is 0. The van der Waals surface area contributed by atoms with Gasteiger partial charge in [-0.05, 0) is 38.3 Å². The average Bonchev–Trinajstić information content (AvgIpc) is 2.44. The van der Waals surface area contributed by atoms with E-state index in [-0.39, 0.29) is 0 Å². The van der Waals surface area contributed by atoms with Crippen LogP contribution in [-0.4, -0.2) is 24.0 Å². The smallest absolute Gasteiger partial charge is 0.0740 e. The van der Waals surface area contributed by atoms with E-state index >= 15 is 0 Å². The van der Waals surface area contributed by atoms with Crippen LogP contribution in [0.15, 0.2) is 0 Å². The molecule has 0 aliphatic rings. The van der Waals surface area contributed by atoms with Crippen molar-refractivity contribution >= 4 is 0 Å². The number of terminal acetylenes is 1. The van der Waals surface area contributed by atoms with Crippen LogP contribution in [0.4, 0.5) is 0 Å². The molecule has 0 aromatic heterocycles. The standard InChI is InChI=1S/C18H35N/c1-6-11-14-17(9-4)18(10-5)19(15-12-7-2)16-13-8-3/h5,17-18H,6-9,11-16H2,1-4H3. The molecule has 0 aromatic rings. The predicted octanol–water partition coefficient (Wildman–Crippen LogP) is 5.11. The third-order valence-corrected chi connectivity index (χ3v) is 4.06. The van der Waals surface area contributed by atoms with Crippen molar-refractivity contribution in [3.05, 3.63) is 0 Å². The molecule has 0 saturated heterocycles. The van der Waals surface area contributed by atoms with Crippen LogP contribution in [0.5, 0.6) is 0 Å². The van der Waals surface area contributed by atoms with E-state index in [1.807, 2.05) is 0 Å². The van der Waals surface area contributed by atoms with Gasteiger partial charge in [0.25, 0.3) is 0 Å². The Morgan fingerprint density at radius 2 is 1.42 bits per heavy atom. The summed E-state index contributed by atoms with van der Waals surface area (Å²) < 4.78 is 0. The van der Waals surface area contributed by atoms with Gasteiger partial charge in [-0.3, -0.25) is 4.90 Å². The van der Waals surface area contributed by atoms with Crippen LogP contribution in [0.3, 0.4) is 0 Å². The quantitative estimate of drug-likeness (QED) is 0.443. The van der Waals surface area contributed by atoms with Gasteiger partial charge in [0, 0.05) is 0 Å². The van der Waals surface area contributed by atoms with Crippen LogP contribution in [-0.2, 0) is 0 Å². The van der Waals surface area contributed by atoms with Gasteiger partial charge in [0.1, 0.15) is 0 Å². The molecule has 19 heavy (non-hydrogen) atoms. The third-order valence-electron chi connectivity index (χ3n) is 4.06. The van der Waals surface area contributed by atoms with E-state index in [0.717, 1.165) is 0 Å². The summed E-state index contributed by atoms with van der Waals surface area (Å²) in [7, 11) is 0. The van der Waals surface area contributed by atoms with Gasteiger partial charge in [0.05, 0.1) is 6.04 Å². The fourth-order valence-electron chi connectivity index (χ4n) is 2.70. The highest BCUT2D eigenvalue weighted by Gasteiger charge is 2.23. The molecule has 0 heterocycles. The number of hydrogen-bond acceptors (Lipinski definition) is 1. The van der Waals surface area contributed by atoms with E-state index in [2.05, 4.69) is 38.5 Å². The van der Waals surface area contributed by atoms with Crippen LogP contribution >= 0.6 is 0 Å². The highest BCUT2D eigenvalue weighted by atomic mass is 15.1. The molecule has 0 radical (unpaired) electrons. The van der Waals surface area contributed by atoms with Crippen molar-refractivity contribution in [2.24, 2.45) is 5.92 Å². The molecule has 0 saturated carbocycles. The van der Waals surface area contributed by atoms with Crippen LogP contribution in [0.2, 0.25) is 0 Å². The number of hydrogen-bond donors (Lipinski definition) is 0. The SMILES string of the molecule is C#CC(C(CC)CCCC)N(CCCC)CCCC. The van der Waals surface area contributed by atoms with E-state index < -0.39 is 0 Å². The zero-order valence-electron chi connectivity index (χ0n) is 13.8. The summed E-state index contributed by atoms with van der Waals surface area (Å²) in [6.45, 7) is 11.4. The largest absolute Gasteiger partial charge is 0.290 e. The first-order valence-corrected chi connectivity index (χ1v) is 8.45. The lowest BCUT2D eigenvalue weighted by Crippen LogP contribution is -2.41. The molecule has 0 fully saturated rings. The van der Waals surface area contributed by atoms with E-state index in [1.54, 1.807) is 0 Å². The van der Waals surface area contributed by atoms with Gasteiger partial charge in [-0.25, -0.2) is 0 Å². The van der Waals surface area contributed by atoms with Crippen LogP contribution in [0, 0.1) is 18.3 Å². The molecule has 1 nitrogen and oxygen atoms in total. The Hall–Kier alpha value is -0.480. The molecule has 0 aromatic carbocycles. The Morgan fingerprint density at radius 3 is 1.79 bits per heavy atom. The molecular formula is C18H35N. The lowest BCUT2D eigenvalue weighted by atomic mass is 9.90. The molecule has 0 amide bonds. The Morgan fingerprint density at radius 1 is 0.895 bits per heavy atom. The van der Waals surface area contributed by atoms with Crippen molar-refractivity contribution in [3.63, 3.8) is 0 Å². The van der Waals surface area contributed by atoms with Gasteiger partial charge >= 0.3 is 0 Å². The molecular weight excluding hydrogens is 230 g/mol. The first-order chi connectivity index (χ1) is 9.24. The van der Waals surface area contributed by atoms with Crippen molar-refractivity contribution in [1.82, 2.24) is 4.90 Å². The summed E-state index contributed by atoms with van der Waals surface area (Å²) in [6.07, 6.45) is 16.0. The van der Waals surface area contributed by atoms with Crippen LogP contribution in [0.25, 0.3) is 0 Å². The highest BCUT2D eigenvalue weighted by molar-refractivity contribution is 5.03. The minimum Gasteiger partial charge on any atom is -0.290 e. The van der Waals surface area contributed by atoms with Crippen molar-refractivity contribution in [1.29, 1.82) is 0 Å². The summed E-state index contributed by atoms with van der Waals surface area (Å²) in [5, 5.41) is 0. The van der Waals surface area contributed by atoms with Crippen molar-refractivity contribution in [2.45, 2.75) is 85.1 Å². The maximum atomic E-state index is 5.87.